The van der Waals surface area contributed by atoms with Crippen molar-refractivity contribution in [2.45, 2.75) is 85.8 Å². The molecule has 0 aromatic heterocycles. The first kappa shape index (κ1) is 31.5. The molecule has 40 heavy (non-hydrogen) atoms. The Hall–Kier alpha value is -1.47. The summed E-state index contributed by atoms with van der Waals surface area (Å²) in [4.78, 5) is 12.9. The Kier molecular flexibility index (Phi) is 10.1. The van der Waals surface area contributed by atoms with Gasteiger partial charge in [0.2, 0.25) is 0 Å². The van der Waals surface area contributed by atoms with E-state index in [1.807, 2.05) is 6.08 Å². The van der Waals surface area contributed by atoms with Crippen LogP contribution in [0.15, 0.2) is 11.8 Å². The van der Waals surface area contributed by atoms with Gasteiger partial charge in [-0.1, -0.05) is 0 Å². The molecule has 3 fully saturated rings. The number of amides is 1. The minimum atomic E-state index is -1.59. The summed E-state index contributed by atoms with van der Waals surface area (Å²) < 4.78 is 18.0. The van der Waals surface area contributed by atoms with Crippen molar-refractivity contribution in [3.05, 3.63) is 11.8 Å². The molecule has 13 N–H and O–H groups in total. The van der Waals surface area contributed by atoms with Crippen molar-refractivity contribution in [3.63, 3.8) is 0 Å². The average molecular weight is 575 g/mol. The maximum Gasteiger partial charge on any atom is 0.254 e. The number of hydrogen-bond donors (Lipinski definition) is 11. The third-order valence-electron chi connectivity index (χ3n) is 8.45. The highest BCUT2D eigenvalue weighted by atomic mass is 16.7. The van der Waals surface area contributed by atoms with Gasteiger partial charge in [-0.05, 0) is 32.9 Å². The normalized spacial score (nSPS) is 43.3. The second-order valence-corrected chi connectivity index (χ2v) is 11.6. The number of hydrogen-bond acceptors (Lipinski definition) is 14. The van der Waals surface area contributed by atoms with Crippen LogP contribution in [0.25, 0.3) is 0 Å². The largest absolute Gasteiger partial charge is 0.492 e. The summed E-state index contributed by atoms with van der Waals surface area (Å²) in [6.45, 7) is 2.26. The average Bonchev–Trinajstić information content (AvgIpc) is 2.87. The first-order valence-corrected chi connectivity index (χ1v) is 13.9. The zero-order chi connectivity index (χ0) is 29.2. The molecule has 0 bridgehead atoms. The highest BCUT2D eigenvalue weighted by molar-refractivity contribution is 5.87. The topological polar surface area (TPSA) is 246 Å². The summed E-state index contributed by atoms with van der Waals surface area (Å²) in [5, 5.41) is 64.5. The molecule has 4 aliphatic rings. The molecule has 15 nitrogen and oxygen atoms in total. The predicted molar refractivity (Wildman–Crippen MR) is 141 cm³/mol. The molecule has 15 heteroatoms. The molecular weight excluding hydrogens is 528 g/mol. The summed E-state index contributed by atoms with van der Waals surface area (Å²) >= 11 is 0. The Labute approximate surface area is 233 Å². The van der Waals surface area contributed by atoms with Gasteiger partial charge in [-0.2, -0.15) is 0 Å². The van der Waals surface area contributed by atoms with E-state index in [0.29, 0.717) is 25.3 Å². The second kappa shape index (κ2) is 12.8. The van der Waals surface area contributed by atoms with Crippen LogP contribution in [0, 0.1) is 5.92 Å². The van der Waals surface area contributed by atoms with Crippen LogP contribution in [-0.4, -0.2) is 144 Å². The van der Waals surface area contributed by atoms with Crippen molar-refractivity contribution in [1.29, 1.82) is 0 Å². The van der Waals surface area contributed by atoms with Gasteiger partial charge < -0.3 is 72.5 Å². The van der Waals surface area contributed by atoms with Crippen LogP contribution in [0.3, 0.4) is 0 Å². The smallest absolute Gasteiger partial charge is 0.254 e. The fraction of sp³-hybridized carbons (Fsp3) is 0.880. The molecule has 11 atom stereocenters. The third kappa shape index (κ3) is 6.45. The molecule has 0 aromatic carbocycles. The number of aliphatic hydroxyl groups is 5. The van der Waals surface area contributed by atoms with E-state index in [0.717, 1.165) is 0 Å². The Morgan fingerprint density at radius 2 is 1.95 bits per heavy atom. The summed E-state index contributed by atoms with van der Waals surface area (Å²) in [5.41, 5.74) is 10.0. The lowest BCUT2D eigenvalue weighted by atomic mass is 9.72. The number of carbonyl (C=O) groups excluding carboxylic acids is 1. The fourth-order valence-corrected chi connectivity index (χ4v) is 6.08. The van der Waals surface area contributed by atoms with E-state index in [1.54, 1.807) is 7.05 Å². The van der Waals surface area contributed by atoms with Gasteiger partial charge >= 0.3 is 0 Å². The zero-order valence-corrected chi connectivity index (χ0v) is 23.0. The van der Waals surface area contributed by atoms with Gasteiger partial charge in [-0.25, -0.2) is 0 Å². The Morgan fingerprint density at radius 1 is 1.23 bits per heavy atom. The monoisotopic (exact) mass is 574 g/mol. The van der Waals surface area contributed by atoms with Crippen molar-refractivity contribution in [2.24, 2.45) is 17.4 Å². The number of β-amino-alcohol motifs (C(OH)–C–C–N with tert-alkyl or cyclic N) is 1. The van der Waals surface area contributed by atoms with Crippen molar-refractivity contribution in [2.75, 3.05) is 46.4 Å². The first-order chi connectivity index (χ1) is 18.9. The molecule has 0 radical (unpaired) electrons. The lowest BCUT2D eigenvalue weighted by Gasteiger charge is -2.51. The Bertz CT molecular complexity index is 906. The quantitative estimate of drug-likeness (QED) is 0.109. The Morgan fingerprint density at radius 3 is 2.58 bits per heavy atom. The number of rotatable bonds is 10. The van der Waals surface area contributed by atoms with Crippen LogP contribution >= 0.6 is 0 Å². The number of nitrogens with one attached hydrogen (secondary N) is 4. The summed E-state index contributed by atoms with van der Waals surface area (Å²) in [6, 6.07) is -2.79. The molecule has 1 aliphatic carbocycles. The molecule has 4 rings (SSSR count). The first-order valence-electron chi connectivity index (χ1n) is 13.9. The standard InChI is InChI=1S/C25H46N6O9/c1-24(36)11-38-22(18(34)21(24)28-2)40-20-15(31-23(35)25(37)9-30-10-25)7-14(27)16(17(20)33)19-13(26)4-3-12(39-19)8-29-5-6-32/h3,13-22,28-30,32-34,36-37H,4-11,26-27H2,1-2H3,(H,31,35)/t13-,14+,15-,16-,17+,18-,19?,20+,21-,22-,24+/m1/s1. The number of likely N-dealkylation sites (N-methyl/N-ethyl adjacent to an activating group) is 1. The maximum absolute atomic E-state index is 12.9. The van der Waals surface area contributed by atoms with Crippen LogP contribution in [0.1, 0.15) is 19.8 Å². The summed E-state index contributed by atoms with van der Waals surface area (Å²) in [7, 11) is 1.59. The Balaban J connectivity index is 1.56. The molecule has 1 saturated carbocycles. The van der Waals surface area contributed by atoms with E-state index >= 15 is 0 Å². The minimum absolute atomic E-state index is 0.0291. The number of ether oxygens (including phenoxy) is 3. The highest BCUT2D eigenvalue weighted by Gasteiger charge is 2.54. The van der Waals surface area contributed by atoms with Crippen molar-refractivity contribution in [1.82, 2.24) is 21.3 Å². The number of aliphatic hydroxyl groups excluding tert-OH is 3. The maximum atomic E-state index is 12.9. The number of carbonyl (C=O) groups is 1. The molecule has 1 amide bonds. The second-order valence-electron chi connectivity index (χ2n) is 11.6. The van der Waals surface area contributed by atoms with Crippen molar-refractivity contribution < 1.29 is 44.5 Å². The fourth-order valence-electron chi connectivity index (χ4n) is 6.08. The molecule has 3 heterocycles. The summed E-state index contributed by atoms with van der Waals surface area (Å²) in [6.07, 6.45) is -3.19. The van der Waals surface area contributed by atoms with Crippen LogP contribution < -0.4 is 32.7 Å². The van der Waals surface area contributed by atoms with Crippen LogP contribution in [0.4, 0.5) is 0 Å². The van der Waals surface area contributed by atoms with Gasteiger partial charge in [0.1, 0.15) is 29.7 Å². The van der Waals surface area contributed by atoms with Gasteiger partial charge in [-0.15, -0.1) is 0 Å². The highest BCUT2D eigenvalue weighted by Crippen LogP contribution is 2.36. The van der Waals surface area contributed by atoms with Gasteiger partial charge in [0.15, 0.2) is 11.9 Å². The minimum Gasteiger partial charge on any atom is -0.492 e. The zero-order valence-electron chi connectivity index (χ0n) is 23.0. The SMILES string of the molecule is CN[C@@H]1[C@@H](O)[C@@H](O[C@@H]2[C@@H](O)[C@H](C3OC(CNCCO)=CC[C@H]3N)[C@@H](N)C[C@H]2NC(=O)C2(O)CNC2)OC[C@]1(C)O. The van der Waals surface area contributed by atoms with E-state index in [1.165, 1.54) is 6.92 Å². The molecule has 0 spiro atoms. The van der Waals surface area contributed by atoms with Crippen molar-refractivity contribution >= 4 is 5.91 Å². The van der Waals surface area contributed by atoms with Gasteiger partial charge in [0.05, 0.1) is 37.9 Å². The predicted octanol–water partition coefficient (Wildman–Crippen LogP) is -5.46. The van der Waals surface area contributed by atoms with E-state index in [4.69, 9.17) is 30.8 Å². The van der Waals surface area contributed by atoms with E-state index in [-0.39, 0.29) is 32.7 Å². The molecule has 0 aromatic rings. The van der Waals surface area contributed by atoms with Crippen LogP contribution in [0.2, 0.25) is 0 Å². The third-order valence-corrected chi connectivity index (χ3v) is 8.45. The van der Waals surface area contributed by atoms with E-state index in [9.17, 15) is 25.2 Å². The molecule has 2 saturated heterocycles. The lowest BCUT2D eigenvalue weighted by Crippen LogP contribution is -2.72. The summed E-state index contributed by atoms with van der Waals surface area (Å²) in [5.74, 6) is -0.737. The van der Waals surface area contributed by atoms with Gasteiger partial charge in [-0.3, -0.25) is 4.79 Å². The number of nitrogens with two attached hydrogens (primary N) is 2. The van der Waals surface area contributed by atoms with Crippen LogP contribution in [-0.2, 0) is 19.0 Å². The van der Waals surface area contributed by atoms with E-state index < -0.39 is 77.9 Å². The molecule has 230 valence electrons. The molecule has 1 unspecified atom stereocenters. The lowest BCUT2D eigenvalue weighted by molar-refractivity contribution is -0.297. The van der Waals surface area contributed by atoms with Gasteiger partial charge in [0, 0.05) is 37.6 Å². The van der Waals surface area contributed by atoms with E-state index in [2.05, 4.69) is 21.3 Å². The van der Waals surface area contributed by atoms with Crippen LogP contribution in [0.5, 0.6) is 0 Å². The molecular formula is C25H46N6O9. The molecule has 3 aliphatic heterocycles. The van der Waals surface area contributed by atoms with Crippen molar-refractivity contribution in [3.8, 4) is 0 Å². The van der Waals surface area contributed by atoms with Gasteiger partial charge in [0.25, 0.3) is 5.91 Å².